The van der Waals surface area contributed by atoms with Gasteiger partial charge in [0.15, 0.2) is 23.0 Å². The Kier molecular flexibility index (Phi) is 16.2. The number of alkyl carbamates (subject to hydrolysis) is 1. The van der Waals surface area contributed by atoms with Crippen LogP contribution in [0.3, 0.4) is 0 Å². The smallest absolute Gasteiger partial charge is 0.407 e. The van der Waals surface area contributed by atoms with Crippen LogP contribution in [0.5, 0.6) is 23.0 Å². The molecule has 13 heteroatoms. The summed E-state index contributed by atoms with van der Waals surface area (Å²) < 4.78 is 16.2. The minimum absolute atomic E-state index is 0. The number of halogens is 1. The SMILES string of the molecule is Br.COc1cc2cccc(C(=O)N3CCC(c4cccc(CNC(=O)OC(C)(C)C)c4)CC3)c2cc1OC.NCc1cccc(C2CCN(C(=O)c3cccc4cc(O)c(O)cc34)CC2)c1. The number of likely N-dealkylation sites (tertiary alicyclic amines) is 2. The molecule has 2 heterocycles. The third kappa shape index (κ3) is 11.7. The van der Waals surface area contributed by atoms with E-state index in [4.69, 9.17) is 19.9 Å². The van der Waals surface area contributed by atoms with Crippen LogP contribution in [-0.4, -0.2) is 83.9 Å². The van der Waals surface area contributed by atoms with Gasteiger partial charge in [0.05, 0.1) is 14.2 Å². The highest BCUT2D eigenvalue weighted by Gasteiger charge is 2.28. The number of hydrogen-bond donors (Lipinski definition) is 4. The Balaban J connectivity index is 0.000000223. The lowest BCUT2D eigenvalue weighted by Gasteiger charge is -2.32. The van der Waals surface area contributed by atoms with Crippen molar-refractivity contribution in [3.63, 3.8) is 0 Å². The van der Waals surface area contributed by atoms with Crippen LogP contribution < -0.4 is 20.5 Å². The summed E-state index contributed by atoms with van der Waals surface area (Å²) in [5.74, 6) is 1.64. The van der Waals surface area contributed by atoms with E-state index in [1.165, 1.54) is 23.3 Å². The molecule has 0 atom stereocenters. The summed E-state index contributed by atoms with van der Waals surface area (Å²) in [5, 5.41) is 25.6. The molecule has 0 aromatic heterocycles. The number of carbonyl (C=O) groups is 3. The van der Waals surface area contributed by atoms with Crippen LogP contribution >= 0.6 is 17.0 Å². The molecule has 5 N–H and O–H groups in total. The third-order valence-electron chi connectivity index (χ3n) is 12.3. The highest BCUT2D eigenvalue weighted by Crippen LogP contribution is 2.37. The zero-order chi connectivity index (χ0) is 46.3. The van der Waals surface area contributed by atoms with E-state index in [-0.39, 0.29) is 40.3 Å². The van der Waals surface area contributed by atoms with E-state index in [0.717, 1.165) is 53.0 Å². The van der Waals surface area contributed by atoms with Crippen LogP contribution in [0.15, 0.2) is 109 Å². The van der Waals surface area contributed by atoms with Crippen LogP contribution in [0.4, 0.5) is 4.79 Å². The summed E-state index contributed by atoms with van der Waals surface area (Å²) in [6.45, 7) is 9.24. The molecule has 0 spiro atoms. The van der Waals surface area contributed by atoms with Crippen molar-refractivity contribution in [2.45, 2.75) is 77.0 Å². The van der Waals surface area contributed by atoms with Gasteiger partial charge in [0.25, 0.3) is 11.8 Å². The first kappa shape index (κ1) is 49.1. The van der Waals surface area contributed by atoms with E-state index in [9.17, 15) is 24.6 Å². The number of benzene rings is 6. The number of methoxy groups -OCH3 is 2. The number of nitrogens with two attached hydrogens (primary N) is 1. The van der Waals surface area contributed by atoms with Gasteiger partial charge in [-0.25, -0.2) is 4.79 Å². The molecule has 2 aliphatic rings. The van der Waals surface area contributed by atoms with Crippen molar-refractivity contribution in [1.29, 1.82) is 0 Å². The predicted octanol–water partition coefficient (Wildman–Crippen LogP) is 10.2. The predicted molar refractivity (Wildman–Crippen MR) is 264 cm³/mol. The van der Waals surface area contributed by atoms with Gasteiger partial charge in [0.1, 0.15) is 5.60 Å². The second-order valence-electron chi connectivity index (χ2n) is 17.8. The number of nitrogens with one attached hydrogen (secondary N) is 1. The van der Waals surface area contributed by atoms with Crippen molar-refractivity contribution in [3.8, 4) is 23.0 Å². The van der Waals surface area contributed by atoms with Crippen LogP contribution in [-0.2, 0) is 17.8 Å². The van der Waals surface area contributed by atoms with Crippen LogP contribution in [0.1, 0.15) is 101 Å². The molecular formula is C53H61BrN4O8. The summed E-state index contributed by atoms with van der Waals surface area (Å²) in [4.78, 5) is 42.5. The van der Waals surface area contributed by atoms with Crippen molar-refractivity contribution in [1.82, 2.24) is 15.1 Å². The van der Waals surface area contributed by atoms with Crippen molar-refractivity contribution >= 4 is 56.4 Å². The number of carbonyl (C=O) groups excluding carboxylic acids is 3. The normalized spacial score (nSPS) is 14.5. The van der Waals surface area contributed by atoms with Crippen molar-refractivity contribution < 1.29 is 38.8 Å². The van der Waals surface area contributed by atoms with Gasteiger partial charge >= 0.3 is 6.09 Å². The van der Waals surface area contributed by atoms with Crippen LogP contribution in [0.25, 0.3) is 21.5 Å². The molecule has 2 fully saturated rings. The summed E-state index contributed by atoms with van der Waals surface area (Å²) in [5.41, 5.74) is 11.1. The first-order valence-corrected chi connectivity index (χ1v) is 22.3. The highest BCUT2D eigenvalue weighted by molar-refractivity contribution is 8.93. The molecular weight excluding hydrogens is 901 g/mol. The number of hydrogen-bond acceptors (Lipinski definition) is 9. The van der Waals surface area contributed by atoms with Gasteiger partial charge in [-0.15, -0.1) is 17.0 Å². The third-order valence-corrected chi connectivity index (χ3v) is 12.3. The molecule has 0 bridgehead atoms. The summed E-state index contributed by atoms with van der Waals surface area (Å²) >= 11 is 0. The van der Waals surface area contributed by atoms with Crippen molar-refractivity contribution in [2.24, 2.45) is 5.73 Å². The number of nitrogens with zero attached hydrogens (tertiary/aromatic N) is 2. The van der Waals surface area contributed by atoms with Gasteiger partial charge in [-0.1, -0.05) is 72.8 Å². The molecule has 66 heavy (non-hydrogen) atoms. The number of amides is 3. The average Bonchev–Trinajstić information content (AvgIpc) is 3.32. The Bertz CT molecular complexity index is 2670. The molecule has 8 rings (SSSR count). The molecule has 2 aliphatic heterocycles. The molecule has 0 radical (unpaired) electrons. The molecule has 0 aliphatic carbocycles. The van der Waals surface area contributed by atoms with Gasteiger partial charge in [0.2, 0.25) is 0 Å². The molecule has 12 nitrogen and oxygen atoms in total. The molecule has 6 aromatic carbocycles. The fourth-order valence-corrected chi connectivity index (χ4v) is 8.87. The fourth-order valence-electron chi connectivity index (χ4n) is 8.87. The standard InChI is InChI=1S/C30H36N2O5.C23H24N2O3.BrH/c1-30(2,3)37-29(34)31-19-20-8-6-9-22(16-20)21-12-14-32(15-13-21)28(33)24-11-7-10-23-17-26(35-4)27(36-5)18-25(23)24;24-14-15-3-1-4-17(11-15)16-7-9-25(10-8-16)23(28)19-6-2-5-18-12-21(26)22(27)13-20(18)19;/h6-11,16-18,21H,12-15,19H2,1-5H3,(H,31,34);1-6,11-13,16,26-27H,7-10,14,24H2;1H. The number of phenols is 2. The lowest BCUT2D eigenvalue weighted by Crippen LogP contribution is -2.38. The highest BCUT2D eigenvalue weighted by atomic mass is 79.9. The van der Waals surface area contributed by atoms with Crippen LogP contribution in [0, 0.1) is 0 Å². The molecule has 0 saturated carbocycles. The number of aromatic hydroxyl groups is 2. The lowest BCUT2D eigenvalue weighted by atomic mass is 9.88. The van der Waals surface area contributed by atoms with E-state index in [0.29, 0.717) is 79.1 Å². The van der Waals surface area contributed by atoms with Gasteiger partial charge in [0, 0.05) is 50.4 Å². The Morgan fingerprint density at radius 3 is 1.61 bits per heavy atom. The summed E-state index contributed by atoms with van der Waals surface area (Å²) in [7, 11) is 3.21. The summed E-state index contributed by atoms with van der Waals surface area (Å²) in [6.07, 6.45) is 3.18. The summed E-state index contributed by atoms with van der Waals surface area (Å²) in [6, 6.07) is 34.6. The van der Waals surface area contributed by atoms with Crippen molar-refractivity contribution in [2.75, 3.05) is 40.4 Å². The number of piperidine rings is 2. The van der Waals surface area contributed by atoms with E-state index < -0.39 is 11.7 Å². The van der Waals surface area contributed by atoms with Gasteiger partial charge in [-0.05, 0) is 138 Å². The lowest BCUT2D eigenvalue weighted by molar-refractivity contribution is 0.0522. The molecule has 3 amide bonds. The number of ether oxygens (including phenoxy) is 3. The number of fused-ring (bicyclic) bond motifs is 2. The van der Waals surface area contributed by atoms with Crippen LogP contribution in [0.2, 0.25) is 0 Å². The Morgan fingerprint density at radius 2 is 1.09 bits per heavy atom. The number of rotatable bonds is 9. The minimum Gasteiger partial charge on any atom is -0.504 e. The van der Waals surface area contributed by atoms with E-state index >= 15 is 0 Å². The number of phenolic OH excluding ortho intramolecular Hbond substituents is 2. The minimum atomic E-state index is -0.525. The topological polar surface area (TPSA) is 164 Å². The molecule has 0 unspecified atom stereocenters. The van der Waals surface area contributed by atoms with Gasteiger partial charge in [-0.2, -0.15) is 0 Å². The molecule has 2 saturated heterocycles. The van der Waals surface area contributed by atoms with Gasteiger partial charge in [-0.3, -0.25) is 9.59 Å². The second-order valence-corrected chi connectivity index (χ2v) is 17.8. The van der Waals surface area contributed by atoms with E-state index in [1.807, 2.05) is 91.2 Å². The monoisotopic (exact) mass is 960 g/mol. The Hall–Kier alpha value is -6.31. The first-order valence-electron chi connectivity index (χ1n) is 22.3. The Labute approximate surface area is 397 Å². The molecule has 6 aromatic rings. The first-order chi connectivity index (χ1) is 31.2. The zero-order valence-corrected chi connectivity index (χ0v) is 40.1. The fraction of sp³-hybridized carbons (Fsp3) is 0.340. The zero-order valence-electron chi connectivity index (χ0n) is 38.3. The largest absolute Gasteiger partial charge is 0.504 e. The quantitative estimate of drug-likeness (QED) is 0.103. The van der Waals surface area contributed by atoms with E-state index in [1.54, 1.807) is 26.4 Å². The molecule has 348 valence electrons. The maximum atomic E-state index is 13.5. The van der Waals surface area contributed by atoms with Crippen molar-refractivity contribution in [3.05, 3.63) is 143 Å². The second kappa shape index (κ2) is 21.8. The Morgan fingerprint density at radius 1 is 0.636 bits per heavy atom. The maximum absolute atomic E-state index is 13.5. The van der Waals surface area contributed by atoms with Gasteiger partial charge < -0.3 is 45.3 Å². The maximum Gasteiger partial charge on any atom is 0.407 e. The average molecular weight is 962 g/mol. The van der Waals surface area contributed by atoms with E-state index in [2.05, 4.69) is 29.6 Å².